The molecular weight excluding hydrogens is 1730 g/mol. The first-order valence-corrected chi connectivity index (χ1v) is 42.8. The van der Waals surface area contributed by atoms with Crippen LogP contribution in [0.2, 0.25) is 0 Å². The van der Waals surface area contributed by atoms with Gasteiger partial charge in [-0.05, 0) is 232 Å². The smallest absolute Gasteiger partial charge is 0.235 e. The lowest BCUT2D eigenvalue weighted by molar-refractivity contribution is -0.732. The summed E-state index contributed by atoms with van der Waals surface area (Å²) in [5.41, 5.74) is 23.9. The number of anilines is 4. The van der Waals surface area contributed by atoms with E-state index in [0.29, 0.717) is 110 Å². The number of hydrogen-bond acceptors (Lipinski definition) is 25. The van der Waals surface area contributed by atoms with Crippen LogP contribution < -0.4 is 25.9 Å². The van der Waals surface area contributed by atoms with Gasteiger partial charge in [0, 0.05) is 96.9 Å². The minimum absolute atomic E-state index is 0.0557. The van der Waals surface area contributed by atoms with Crippen molar-refractivity contribution in [2.45, 2.75) is 93.1 Å². The zero-order valence-corrected chi connectivity index (χ0v) is 73.7. The van der Waals surface area contributed by atoms with Gasteiger partial charge in [-0.25, -0.2) is 82.4 Å². The van der Waals surface area contributed by atoms with Crippen molar-refractivity contribution in [1.82, 2.24) is 113 Å². The van der Waals surface area contributed by atoms with E-state index in [9.17, 15) is 38.0 Å². The van der Waals surface area contributed by atoms with Crippen molar-refractivity contribution in [2.24, 2.45) is 7.05 Å². The van der Waals surface area contributed by atoms with Gasteiger partial charge in [0.05, 0.1) is 148 Å². The second-order valence-electron chi connectivity index (χ2n) is 31.6. The van der Waals surface area contributed by atoms with Gasteiger partial charge in [-0.15, -0.1) is 14.9 Å². The number of aryl methyl sites for hydroxylation is 4. The predicted molar refractivity (Wildman–Crippen MR) is 499 cm³/mol. The Kier molecular flexibility index (Phi) is 25.6. The molecule has 0 aliphatic rings. The van der Waals surface area contributed by atoms with Crippen molar-refractivity contribution in [2.75, 3.05) is 21.3 Å². The maximum absolute atomic E-state index is 13.6. The molecule has 37 heteroatoms. The van der Waals surface area contributed by atoms with Crippen LogP contribution in [-0.4, -0.2) is 133 Å². The number of benzene rings is 5. The first-order valence-electron chi connectivity index (χ1n) is 42.8. The number of para-hydroxylation sites is 2. The summed E-state index contributed by atoms with van der Waals surface area (Å²) in [4.78, 5) is 63.5. The summed E-state index contributed by atoms with van der Waals surface area (Å²) in [7, 11) is 1.96. The molecule has 0 aliphatic carbocycles. The van der Waals surface area contributed by atoms with Crippen molar-refractivity contribution >= 4 is 57.4 Å². The molecule has 16 aromatic heterocycles. The standard InChI is InChI=1S/C27H22FN7O.C25H24FN7O.C24H22FN7O.C22H18FN7O2/c1-16(26-31-20-4-2-3-5-21(20)32-26)30-27-29-12-10-22(33-27)25-24(18-6-8-19(28)9-7-18)34-23-14-17(15-36)11-13-35(23)25;1-14(22-15(2)31-32-16(22)3)28-25-27-10-8-20(29-25)24-23(18-4-6-19(26)7-5-18)30-21-12-17(13-34)9-11-33(21)24;1-15-18(13-28-31(15)2)12-27-24-26-9-7-20(29-24)23-22(17-3-5-19(25)6-4-17)30-21-11-16(14-33)8-10-32(21)23;1-13-28-29-19(32-13)11-25-22-24-8-6-17(26-22)21-20(15-2-4-16(23)5-3-15)27-18-10-14(12-31)7-9-30(18)21/h2-14,16,36H,15H2,1H3,(H,31,32)(H,29,30,33);4-12,14,34H,13H2,1-3H3,(H,31,32)(H,27,28,29);3-11,13,33H,12,14H2,1-2H3,(H,26,27,29);2-10,31H,11-12H2,1H3,(H,24,25,26)/p+1. The third kappa shape index (κ3) is 19.3. The maximum Gasteiger partial charge on any atom is 0.235 e. The van der Waals surface area contributed by atoms with Crippen molar-refractivity contribution in [3.8, 4) is 90.6 Å². The van der Waals surface area contributed by atoms with E-state index in [0.717, 1.165) is 112 Å². The molecule has 11 N–H and O–H groups in total. The number of nitrogens with one attached hydrogen (secondary N) is 7. The average molecular weight is 1810 g/mol. The Bertz CT molecular complexity index is 7770. The van der Waals surface area contributed by atoms with Crippen LogP contribution in [0.4, 0.5) is 41.4 Å². The minimum atomic E-state index is -0.327. The molecule has 0 saturated carbocycles. The molecule has 21 rings (SSSR count). The highest BCUT2D eigenvalue weighted by atomic mass is 19.1. The van der Waals surface area contributed by atoms with Gasteiger partial charge in [-0.2, -0.15) is 10.2 Å². The Morgan fingerprint density at radius 2 is 0.793 bits per heavy atom. The first-order chi connectivity index (χ1) is 65.7. The zero-order chi connectivity index (χ0) is 93.5. The van der Waals surface area contributed by atoms with E-state index < -0.39 is 0 Å². The number of hydrogen-bond donors (Lipinski definition) is 11. The number of halogens is 4. The molecule has 0 radical (unpaired) electrons. The van der Waals surface area contributed by atoms with Crippen LogP contribution in [0.5, 0.6) is 0 Å². The maximum atomic E-state index is 13.6. The van der Waals surface area contributed by atoms with Crippen LogP contribution in [0.3, 0.4) is 0 Å². The molecule has 676 valence electrons. The molecule has 21 aromatic rings. The molecule has 0 spiro atoms. The number of fused-ring (bicyclic) bond motifs is 5. The first kappa shape index (κ1) is 88.6. The largest absolute Gasteiger partial charge is 0.424 e. The molecule has 2 unspecified atom stereocenters. The Labute approximate surface area is 766 Å². The fourth-order valence-electron chi connectivity index (χ4n) is 15.6. The molecule has 135 heavy (non-hydrogen) atoms. The van der Waals surface area contributed by atoms with Gasteiger partial charge in [0.2, 0.25) is 41.3 Å². The van der Waals surface area contributed by atoms with E-state index in [4.69, 9.17) is 39.3 Å². The number of aliphatic hydroxyl groups is 4. The van der Waals surface area contributed by atoms with Crippen LogP contribution in [-0.2, 0) is 46.6 Å². The van der Waals surface area contributed by atoms with Gasteiger partial charge in [0.1, 0.15) is 51.7 Å². The Balaban J connectivity index is 0.000000120. The highest BCUT2D eigenvalue weighted by Gasteiger charge is 2.26. The van der Waals surface area contributed by atoms with Crippen molar-refractivity contribution in [3.05, 3.63) is 341 Å². The fraction of sp³-hybridized carbons (Fsp3) is 0.153. The summed E-state index contributed by atoms with van der Waals surface area (Å²) in [5.74, 6) is 2.19. The number of pyridine rings is 4. The number of nitrogens with zero attached hydrogens (tertiary/aromatic N) is 21. The van der Waals surface area contributed by atoms with Gasteiger partial charge in [-0.1, -0.05) is 12.1 Å². The summed E-state index contributed by atoms with van der Waals surface area (Å²) in [6, 6.07) is 54.2. The van der Waals surface area contributed by atoms with Gasteiger partial charge >= 0.3 is 0 Å². The lowest BCUT2D eigenvalue weighted by Crippen LogP contribution is -2.32. The topological polar surface area (TPSA) is 417 Å². The van der Waals surface area contributed by atoms with E-state index in [2.05, 4.69) is 81.6 Å². The third-order valence-electron chi connectivity index (χ3n) is 22.5. The zero-order valence-electron chi connectivity index (χ0n) is 73.7. The average Bonchev–Trinajstić information content (AvgIpc) is 1.63. The number of aromatic amines is 3. The highest BCUT2D eigenvalue weighted by Crippen LogP contribution is 2.39. The predicted octanol–water partition coefficient (Wildman–Crippen LogP) is 16.3. The molecule has 33 nitrogen and oxygen atoms in total. The number of aromatic nitrogens is 24. The lowest BCUT2D eigenvalue weighted by Gasteiger charge is -2.15. The van der Waals surface area contributed by atoms with Crippen LogP contribution in [0, 0.1) is 51.0 Å². The third-order valence-corrected chi connectivity index (χ3v) is 22.5. The summed E-state index contributed by atoms with van der Waals surface area (Å²) in [5, 5.41) is 69.4. The van der Waals surface area contributed by atoms with Crippen molar-refractivity contribution in [3.63, 3.8) is 0 Å². The molecule has 2 atom stereocenters. The highest BCUT2D eigenvalue weighted by molar-refractivity contribution is 5.85. The molecule has 0 saturated heterocycles. The molecule has 0 bridgehead atoms. The van der Waals surface area contributed by atoms with Crippen LogP contribution >= 0.6 is 0 Å². The SMILES string of the molecule is CC(Nc1nccc(-c2c(-c3ccc(F)cc3)nc3cc(CO)ccn23)n1)c1nc2ccccc2[nH]1.Cc1c(CNc2nccc(-c3c(-c4ccc(F)cc4)nc4cc(CO)ccn34)n2)c[nH][n+]1C.Cc1n[nH]c(C)c1C(C)Nc1nccc(-c2c(-c3ccc(F)cc3)nc3cc(CO)ccn23)n1.Cc1nnc(CNc2nccc(-c3c(-c4ccc(F)cc4)nc4cc(CO)ccn34)n2)o1. The second kappa shape index (κ2) is 38.9. The summed E-state index contributed by atoms with van der Waals surface area (Å²) in [6.07, 6.45) is 16.1. The molecule has 0 aliphatic heterocycles. The number of imidazole rings is 5. The van der Waals surface area contributed by atoms with Crippen LogP contribution in [0.25, 0.3) is 124 Å². The second-order valence-corrected chi connectivity index (χ2v) is 31.6. The Morgan fingerprint density at radius 3 is 1.14 bits per heavy atom. The van der Waals surface area contributed by atoms with E-state index >= 15 is 0 Å². The molecule has 16 heterocycles. The number of H-pyrrole nitrogens is 3. The number of aliphatic hydroxyl groups excluding tert-OH is 4. The normalized spacial score (nSPS) is 11.8. The molecular formula is C98H87F4N28O5+. The quantitative estimate of drug-likeness (QED) is 0.0198. The van der Waals surface area contributed by atoms with E-state index in [1.54, 1.807) is 92.4 Å². The Hall–Kier alpha value is -17.0. The van der Waals surface area contributed by atoms with Crippen molar-refractivity contribution < 1.29 is 47.1 Å². The molecule has 0 fully saturated rings. The summed E-state index contributed by atoms with van der Waals surface area (Å²) < 4.78 is 69.2. The van der Waals surface area contributed by atoms with Crippen LogP contribution in [0.15, 0.2) is 254 Å². The Morgan fingerprint density at radius 1 is 0.422 bits per heavy atom. The van der Waals surface area contributed by atoms with Gasteiger partial charge in [-0.3, -0.25) is 22.7 Å². The molecule has 0 amide bonds. The van der Waals surface area contributed by atoms with Gasteiger partial charge in [0.25, 0.3) is 0 Å². The molecule has 5 aromatic carbocycles. The summed E-state index contributed by atoms with van der Waals surface area (Å²) in [6.45, 7) is 12.2. The number of rotatable bonds is 24. The summed E-state index contributed by atoms with van der Waals surface area (Å²) >= 11 is 0. The fourth-order valence-corrected chi connectivity index (χ4v) is 15.6. The monoisotopic (exact) mass is 1810 g/mol. The van der Waals surface area contributed by atoms with E-state index in [1.165, 1.54) is 48.5 Å². The van der Waals surface area contributed by atoms with Gasteiger partial charge < -0.3 is 51.1 Å². The minimum Gasteiger partial charge on any atom is -0.424 e. The van der Waals surface area contributed by atoms with E-state index in [-0.39, 0.29) is 68.3 Å². The van der Waals surface area contributed by atoms with Crippen LogP contribution in [0.1, 0.15) is 94.0 Å². The van der Waals surface area contributed by atoms with Gasteiger partial charge in [0.15, 0.2) is 7.05 Å². The van der Waals surface area contributed by atoms with E-state index in [1.807, 2.05) is 180 Å². The lowest BCUT2D eigenvalue weighted by atomic mass is 10.1. The van der Waals surface area contributed by atoms with Crippen molar-refractivity contribution in [1.29, 1.82) is 0 Å².